The molecule has 0 unspecified atom stereocenters. The van der Waals surface area contributed by atoms with Crippen LogP contribution in [0.15, 0.2) is 0 Å². The third kappa shape index (κ3) is 3.13. The molecule has 4 bridgehead atoms. The summed E-state index contributed by atoms with van der Waals surface area (Å²) in [5.41, 5.74) is -2.79. The van der Waals surface area contributed by atoms with E-state index in [4.69, 9.17) is 9.47 Å². The van der Waals surface area contributed by atoms with E-state index in [1.165, 1.54) is 0 Å². The molecule has 0 aromatic heterocycles. The number of ketones is 1. The van der Waals surface area contributed by atoms with E-state index in [1.807, 2.05) is 0 Å². The number of rotatable bonds is 6. The third-order valence-corrected chi connectivity index (χ3v) is 12.1. The van der Waals surface area contributed by atoms with Crippen molar-refractivity contribution in [3.05, 3.63) is 0 Å². The molecule has 4 fully saturated rings. The largest absolute Gasteiger partial charge is 0.461 e. The molecule has 4 saturated carbocycles. The highest BCUT2D eigenvalue weighted by atomic mass is 16.6. The van der Waals surface area contributed by atoms with E-state index >= 15 is 0 Å². The summed E-state index contributed by atoms with van der Waals surface area (Å²) in [7, 11) is 0. The summed E-state index contributed by atoms with van der Waals surface area (Å²) < 4.78 is 12.1. The number of Topliss-reactive ketones (excluding diaryl/α,β-unsaturated/α-hetero) is 1. The fourth-order valence-corrected chi connectivity index (χ4v) is 8.14. The lowest BCUT2D eigenvalue weighted by Gasteiger charge is -2.40. The third-order valence-electron chi connectivity index (χ3n) is 12.1. The first-order valence-electron chi connectivity index (χ1n) is 13.3. The lowest BCUT2D eigenvalue weighted by molar-refractivity contribution is -0.178. The fraction of sp³-hybridized carbons (Fsp3) is 0.897. The summed E-state index contributed by atoms with van der Waals surface area (Å²) >= 11 is 0. The fourth-order valence-electron chi connectivity index (χ4n) is 8.14. The first kappa shape index (κ1) is 25.7. The molecule has 0 saturated heterocycles. The molecule has 4 rings (SSSR count). The summed E-state index contributed by atoms with van der Waals surface area (Å²) in [5.74, 6) is -0.419. The van der Waals surface area contributed by atoms with Crippen LogP contribution in [-0.2, 0) is 23.9 Å². The number of ether oxygens (including phenoxy) is 2. The van der Waals surface area contributed by atoms with E-state index in [2.05, 4.69) is 41.5 Å². The van der Waals surface area contributed by atoms with Crippen molar-refractivity contribution in [3.63, 3.8) is 0 Å². The molecular weight excluding hydrogens is 428 g/mol. The van der Waals surface area contributed by atoms with E-state index in [9.17, 15) is 14.4 Å². The molecule has 0 radical (unpaired) electrons. The molecular formula is C29H46O5. The van der Waals surface area contributed by atoms with Crippen molar-refractivity contribution in [2.45, 2.75) is 120 Å². The van der Waals surface area contributed by atoms with Crippen LogP contribution in [-0.4, -0.2) is 29.9 Å². The van der Waals surface area contributed by atoms with Gasteiger partial charge < -0.3 is 9.47 Å². The van der Waals surface area contributed by atoms with Gasteiger partial charge in [-0.25, -0.2) is 0 Å². The zero-order chi connectivity index (χ0) is 25.7. The molecule has 0 aliphatic heterocycles. The van der Waals surface area contributed by atoms with Crippen molar-refractivity contribution in [3.8, 4) is 0 Å². The molecule has 0 amide bonds. The van der Waals surface area contributed by atoms with E-state index in [1.54, 1.807) is 27.7 Å². The van der Waals surface area contributed by atoms with Gasteiger partial charge in [0.2, 0.25) is 0 Å². The van der Waals surface area contributed by atoms with E-state index < -0.39 is 28.6 Å². The highest BCUT2D eigenvalue weighted by Gasteiger charge is 2.65. The van der Waals surface area contributed by atoms with Crippen LogP contribution in [0.25, 0.3) is 0 Å². The zero-order valence-corrected chi connectivity index (χ0v) is 23.1. The van der Waals surface area contributed by atoms with Crippen LogP contribution in [0.1, 0.15) is 108 Å². The molecule has 0 heterocycles. The average Bonchev–Trinajstić information content (AvgIpc) is 3.25. The number of hydrogen-bond donors (Lipinski definition) is 0. The molecule has 6 atom stereocenters. The van der Waals surface area contributed by atoms with Crippen molar-refractivity contribution in [1.29, 1.82) is 0 Å². The van der Waals surface area contributed by atoms with Crippen LogP contribution in [0.4, 0.5) is 0 Å². The van der Waals surface area contributed by atoms with Crippen LogP contribution >= 0.6 is 0 Å². The molecule has 4 aliphatic rings. The van der Waals surface area contributed by atoms with Crippen LogP contribution in [0, 0.1) is 44.3 Å². The molecule has 34 heavy (non-hydrogen) atoms. The Kier molecular flexibility index (Phi) is 5.53. The molecule has 5 nitrogen and oxygen atoms in total. The number of carbonyl (C=O) groups excluding carboxylic acids is 3. The predicted octanol–water partition coefficient (Wildman–Crippen LogP) is 6.12. The van der Waals surface area contributed by atoms with Gasteiger partial charge in [0.15, 0.2) is 5.78 Å². The maximum absolute atomic E-state index is 13.6. The summed E-state index contributed by atoms with van der Waals surface area (Å²) in [6.07, 6.45) is 5.72. The van der Waals surface area contributed by atoms with Gasteiger partial charge in [0, 0.05) is 10.8 Å². The van der Waals surface area contributed by atoms with Gasteiger partial charge in [-0.1, -0.05) is 41.5 Å². The van der Waals surface area contributed by atoms with E-state index in [0.29, 0.717) is 11.8 Å². The second-order valence-corrected chi connectivity index (χ2v) is 14.6. The second-order valence-electron chi connectivity index (χ2n) is 14.6. The molecule has 5 heteroatoms. The van der Waals surface area contributed by atoms with Gasteiger partial charge >= 0.3 is 11.9 Å². The first-order valence-corrected chi connectivity index (χ1v) is 13.3. The number of carbonyl (C=O) groups is 3. The van der Waals surface area contributed by atoms with Crippen molar-refractivity contribution in [2.75, 3.05) is 0 Å². The van der Waals surface area contributed by atoms with Gasteiger partial charge in [-0.3, -0.25) is 14.4 Å². The van der Waals surface area contributed by atoms with E-state index in [0.717, 1.165) is 38.5 Å². The van der Waals surface area contributed by atoms with Gasteiger partial charge in [0.05, 0.1) is 0 Å². The highest BCUT2D eigenvalue weighted by molar-refractivity contribution is 6.13. The van der Waals surface area contributed by atoms with Crippen molar-refractivity contribution < 1.29 is 23.9 Å². The number of fused-ring (bicyclic) bond motifs is 4. The van der Waals surface area contributed by atoms with Gasteiger partial charge in [-0.2, -0.15) is 0 Å². The lowest BCUT2D eigenvalue weighted by Crippen LogP contribution is -2.50. The lowest BCUT2D eigenvalue weighted by atomic mass is 9.69. The van der Waals surface area contributed by atoms with Gasteiger partial charge in [-0.15, -0.1) is 0 Å². The molecule has 0 N–H and O–H groups in total. The standard InChI is InChI=1S/C29H46O5/c1-24(2,22(31)33-19-15-17-11-13-28(19,9)26(17,5)6)21(30)25(3,4)23(32)34-20-16-18-12-14-29(20,10)27(18,7)8/h17-20H,11-16H2,1-10H3/t17-,18-,19-,20-,28+,29+/m1/s1. The smallest absolute Gasteiger partial charge is 0.319 e. The Labute approximate surface area is 206 Å². The van der Waals surface area contributed by atoms with Gasteiger partial charge in [-0.05, 0) is 88.9 Å². The minimum absolute atomic E-state index is 0.0784. The maximum Gasteiger partial charge on any atom is 0.319 e. The number of esters is 2. The first-order chi connectivity index (χ1) is 15.3. The normalized spacial score (nSPS) is 39.8. The van der Waals surface area contributed by atoms with Crippen molar-refractivity contribution in [2.24, 2.45) is 44.3 Å². The second kappa shape index (κ2) is 7.32. The Balaban J connectivity index is 1.45. The van der Waals surface area contributed by atoms with E-state index in [-0.39, 0.29) is 33.9 Å². The Morgan fingerprint density at radius 3 is 1.21 bits per heavy atom. The number of hydrogen-bond acceptors (Lipinski definition) is 5. The van der Waals surface area contributed by atoms with Crippen LogP contribution in [0.2, 0.25) is 0 Å². The summed E-state index contributed by atoms with van der Waals surface area (Å²) in [4.78, 5) is 40.4. The average molecular weight is 475 g/mol. The molecule has 192 valence electrons. The topological polar surface area (TPSA) is 69.7 Å². The SMILES string of the molecule is CC(C)(C(=O)O[C@@H]1C[C@H]2CC[C@]1(C)C2(C)C)C(=O)C(C)(C)C(=O)O[C@@H]1C[C@H]2CC[C@]1(C)C2(C)C. The van der Waals surface area contributed by atoms with Gasteiger partial charge in [0.1, 0.15) is 23.0 Å². The molecule has 0 aromatic rings. The summed E-state index contributed by atoms with van der Waals surface area (Å²) in [5, 5.41) is 0. The van der Waals surface area contributed by atoms with Crippen molar-refractivity contribution >= 4 is 17.7 Å². The Morgan fingerprint density at radius 2 is 0.971 bits per heavy atom. The quantitative estimate of drug-likeness (QED) is 0.342. The Hall–Kier alpha value is -1.39. The van der Waals surface area contributed by atoms with Crippen LogP contribution in [0.5, 0.6) is 0 Å². The van der Waals surface area contributed by atoms with Crippen molar-refractivity contribution in [1.82, 2.24) is 0 Å². The van der Waals surface area contributed by atoms with Crippen LogP contribution < -0.4 is 0 Å². The molecule has 0 spiro atoms. The Bertz CT molecular complexity index is 839. The zero-order valence-electron chi connectivity index (χ0n) is 23.1. The van der Waals surface area contributed by atoms with Crippen LogP contribution in [0.3, 0.4) is 0 Å². The minimum Gasteiger partial charge on any atom is -0.461 e. The highest BCUT2D eigenvalue weighted by Crippen LogP contribution is 2.67. The molecule has 4 aliphatic carbocycles. The molecule has 0 aromatic carbocycles. The maximum atomic E-state index is 13.6. The summed E-state index contributed by atoms with van der Waals surface area (Å²) in [6.45, 7) is 19.9. The predicted molar refractivity (Wildman–Crippen MR) is 131 cm³/mol. The monoisotopic (exact) mass is 474 g/mol. The summed E-state index contributed by atoms with van der Waals surface area (Å²) in [6, 6.07) is 0. The van der Waals surface area contributed by atoms with Gasteiger partial charge in [0.25, 0.3) is 0 Å². The minimum atomic E-state index is -1.43. The Morgan fingerprint density at radius 1 is 0.647 bits per heavy atom.